The number of pyridine rings is 1. The van der Waals surface area contributed by atoms with Crippen LogP contribution in [0.2, 0.25) is 0 Å². The van der Waals surface area contributed by atoms with Gasteiger partial charge in [0.15, 0.2) is 6.61 Å². The molecule has 69 heavy (non-hydrogen) atoms. The number of hydrogen-bond donors (Lipinski definition) is 1. The molecule has 1 saturated heterocycles. The SMILES string of the molecule is COc1ccc(C(OC[C@H]2O[C@@H](c3cn(C)c(=O)nc3Nc3ccc(C(=O)COc4ccccc4)nc3)C[C@@H]2OP(OCCC#N)N(C(C)C)C(C)C)(c2ccccc2)c2ccc(OC)cc2)cc1. The lowest BCUT2D eigenvalue weighted by atomic mass is 9.80. The lowest BCUT2D eigenvalue weighted by Gasteiger charge is -2.39. The third-order valence-electron chi connectivity index (χ3n) is 11.6. The van der Waals surface area contributed by atoms with Gasteiger partial charge < -0.3 is 42.6 Å². The van der Waals surface area contributed by atoms with E-state index in [4.69, 9.17) is 32.7 Å². The van der Waals surface area contributed by atoms with E-state index in [-0.39, 0.29) is 55.6 Å². The zero-order valence-corrected chi connectivity index (χ0v) is 40.9. The lowest BCUT2D eigenvalue weighted by molar-refractivity contribution is -0.0806. The molecule has 6 aromatic rings. The van der Waals surface area contributed by atoms with E-state index >= 15 is 0 Å². The Morgan fingerprint density at radius 1 is 0.870 bits per heavy atom. The van der Waals surface area contributed by atoms with Crippen molar-refractivity contribution in [1.82, 2.24) is 19.2 Å². The van der Waals surface area contributed by atoms with Gasteiger partial charge in [-0.1, -0.05) is 72.8 Å². The molecule has 7 rings (SSSR count). The molecule has 0 amide bonds. The predicted molar refractivity (Wildman–Crippen MR) is 264 cm³/mol. The van der Waals surface area contributed by atoms with Crippen LogP contribution in [0.4, 0.5) is 11.5 Å². The maximum Gasteiger partial charge on any atom is 0.349 e. The van der Waals surface area contributed by atoms with Crippen molar-refractivity contribution in [2.75, 3.05) is 39.4 Å². The van der Waals surface area contributed by atoms with Crippen LogP contribution < -0.4 is 25.2 Å². The van der Waals surface area contributed by atoms with Crippen LogP contribution in [-0.4, -0.2) is 83.3 Å². The van der Waals surface area contributed by atoms with Gasteiger partial charge in [-0.3, -0.25) is 9.78 Å². The molecule has 15 nitrogen and oxygen atoms in total. The Hall–Kier alpha value is -6.50. The highest BCUT2D eigenvalue weighted by atomic mass is 31.2. The van der Waals surface area contributed by atoms with Gasteiger partial charge in [0.05, 0.1) is 64.0 Å². The van der Waals surface area contributed by atoms with E-state index in [1.165, 1.54) is 10.8 Å². The number of aryl methyl sites for hydroxylation is 1. The van der Waals surface area contributed by atoms with E-state index < -0.39 is 38.1 Å². The minimum absolute atomic E-state index is 0.0359. The van der Waals surface area contributed by atoms with Crippen molar-refractivity contribution in [2.45, 2.75) is 76.5 Å². The number of benzene rings is 4. The third-order valence-corrected chi connectivity index (χ3v) is 13.8. The van der Waals surface area contributed by atoms with Crippen molar-refractivity contribution in [1.29, 1.82) is 5.26 Å². The van der Waals surface area contributed by atoms with Gasteiger partial charge in [-0.2, -0.15) is 10.2 Å². The average Bonchev–Trinajstić information content (AvgIpc) is 3.77. The molecule has 0 saturated carbocycles. The van der Waals surface area contributed by atoms with E-state index in [1.807, 2.05) is 97.1 Å². The molecule has 2 aromatic heterocycles. The first-order valence-electron chi connectivity index (χ1n) is 22.8. The highest BCUT2D eigenvalue weighted by Gasteiger charge is 2.45. The highest BCUT2D eigenvalue weighted by Crippen LogP contribution is 2.52. The summed E-state index contributed by atoms with van der Waals surface area (Å²) in [5.74, 6) is 1.93. The molecule has 1 fully saturated rings. The summed E-state index contributed by atoms with van der Waals surface area (Å²) in [4.78, 5) is 35.1. The summed E-state index contributed by atoms with van der Waals surface area (Å²) in [6, 6.07) is 40.3. The minimum atomic E-state index is -1.72. The number of carbonyl (C=O) groups is 1. The number of rotatable bonds is 23. The molecule has 0 aliphatic carbocycles. The van der Waals surface area contributed by atoms with Crippen LogP contribution in [0.5, 0.6) is 17.2 Å². The summed E-state index contributed by atoms with van der Waals surface area (Å²) in [5, 5.41) is 12.8. The first-order chi connectivity index (χ1) is 33.4. The Bertz CT molecular complexity index is 2630. The standard InChI is InChI=1S/C53H59N6O9P/c1-36(2)59(37(3)4)69(66-30-14-29-54)68-49-31-48(45-33-58(5)52(61)57-51(45)56-41-23-28-46(55-32-41)47(60)34-64-44-17-12-9-13-18-44)67-50(49)35-65-53(38-15-10-8-11-16-38,39-19-24-42(62-6)25-20-39)40-21-26-43(63-7)27-22-40/h8-13,15-28,32-33,36-37,48-50H,14,30-31,34-35H2,1-7H3,(H,56,57,61)/t48-,49+,50-,69?/m1/s1. The van der Waals surface area contributed by atoms with Crippen molar-refractivity contribution in [3.05, 3.63) is 172 Å². The topological polar surface area (TPSA) is 169 Å². The molecule has 3 heterocycles. The number of ketones is 1. The number of ether oxygens (including phenoxy) is 5. The quantitative estimate of drug-likeness (QED) is 0.0279. The smallest absolute Gasteiger partial charge is 0.349 e. The van der Waals surface area contributed by atoms with Gasteiger partial charge in [0, 0.05) is 37.3 Å². The number of para-hydroxylation sites is 1. The molecule has 0 radical (unpaired) electrons. The number of methoxy groups -OCH3 is 2. The summed E-state index contributed by atoms with van der Waals surface area (Å²) < 4.78 is 48.4. The van der Waals surface area contributed by atoms with E-state index in [2.05, 4.69) is 53.7 Å². The molecule has 360 valence electrons. The molecule has 1 aliphatic rings. The number of hydrogen-bond acceptors (Lipinski definition) is 14. The Morgan fingerprint density at radius 3 is 2.04 bits per heavy atom. The van der Waals surface area contributed by atoms with Gasteiger partial charge in [-0.15, -0.1) is 0 Å². The van der Waals surface area contributed by atoms with Crippen LogP contribution in [0.25, 0.3) is 0 Å². The van der Waals surface area contributed by atoms with Crippen molar-refractivity contribution < 1.29 is 37.5 Å². The van der Waals surface area contributed by atoms with E-state index in [0.29, 0.717) is 34.9 Å². The normalized spacial score (nSPS) is 16.3. The van der Waals surface area contributed by atoms with Crippen molar-refractivity contribution in [3.63, 3.8) is 0 Å². The minimum Gasteiger partial charge on any atom is -0.497 e. The second-order valence-corrected chi connectivity index (χ2v) is 18.3. The zero-order chi connectivity index (χ0) is 48.9. The third kappa shape index (κ3) is 12.2. The summed E-state index contributed by atoms with van der Waals surface area (Å²) in [6.45, 7) is 8.38. The molecule has 1 unspecified atom stereocenters. The molecule has 1 aliphatic heterocycles. The fraction of sp³-hybridized carbons (Fsp3) is 0.340. The molecule has 0 spiro atoms. The van der Waals surface area contributed by atoms with Crippen molar-refractivity contribution in [2.24, 2.45) is 7.05 Å². The van der Waals surface area contributed by atoms with Crippen molar-refractivity contribution >= 4 is 25.8 Å². The van der Waals surface area contributed by atoms with Gasteiger partial charge >= 0.3 is 5.69 Å². The largest absolute Gasteiger partial charge is 0.497 e. The van der Waals surface area contributed by atoms with Gasteiger partial charge in [-0.05, 0) is 92.9 Å². The van der Waals surface area contributed by atoms with Crippen LogP contribution in [0.3, 0.4) is 0 Å². The van der Waals surface area contributed by atoms with E-state index in [9.17, 15) is 14.9 Å². The fourth-order valence-corrected chi connectivity index (χ4v) is 10.0. The second kappa shape index (κ2) is 23.7. The summed E-state index contributed by atoms with van der Waals surface area (Å²) in [5.41, 5.74) is 2.21. The number of anilines is 2. The Balaban J connectivity index is 1.25. The molecular weight excluding hydrogens is 896 g/mol. The molecule has 16 heteroatoms. The molecule has 1 N–H and O–H groups in total. The zero-order valence-electron chi connectivity index (χ0n) is 40.0. The van der Waals surface area contributed by atoms with Gasteiger partial charge in [0.2, 0.25) is 5.78 Å². The average molecular weight is 955 g/mol. The fourth-order valence-electron chi connectivity index (χ4n) is 8.28. The monoisotopic (exact) mass is 954 g/mol. The maximum absolute atomic E-state index is 13.2. The maximum atomic E-state index is 13.2. The molecular formula is C53H59N6O9P. The summed E-state index contributed by atoms with van der Waals surface area (Å²) in [6.07, 6.45) is 1.76. The van der Waals surface area contributed by atoms with Gasteiger partial charge in [0.25, 0.3) is 8.53 Å². The Morgan fingerprint density at radius 2 is 1.48 bits per heavy atom. The number of Topliss-reactive ketones (excluding diaryl/α,β-unsaturated/α-hetero) is 1. The summed E-state index contributed by atoms with van der Waals surface area (Å²) >= 11 is 0. The first kappa shape index (κ1) is 50.4. The van der Waals surface area contributed by atoms with Crippen LogP contribution in [0.15, 0.2) is 139 Å². The first-order valence-corrected chi connectivity index (χ1v) is 24.0. The Kier molecular flexibility index (Phi) is 17.3. The highest BCUT2D eigenvalue weighted by molar-refractivity contribution is 7.44. The lowest BCUT2D eigenvalue weighted by Crippen LogP contribution is -2.39. The van der Waals surface area contributed by atoms with E-state index in [0.717, 1.165) is 16.7 Å². The van der Waals surface area contributed by atoms with Crippen LogP contribution in [0.1, 0.15) is 79.4 Å². The van der Waals surface area contributed by atoms with Crippen LogP contribution in [0, 0.1) is 11.3 Å². The van der Waals surface area contributed by atoms with E-state index in [1.54, 1.807) is 51.7 Å². The number of nitrogens with one attached hydrogen (secondary N) is 1. The summed E-state index contributed by atoms with van der Waals surface area (Å²) in [7, 11) is 3.18. The molecule has 0 bridgehead atoms. The molecule has 4 aromatic carbocycles. The van der Waals surface area contributed by atoms with Gasteiger partial charge in [0.1, 0.15) is 40.5 Å². The van der Waals surface area contributed by atoms with Crippen molar-refractivity contribution in [3.8, 4) is 23.3 Å². The number of aromatic nitrogens is 3. The Labute approximate surface area is 404 Å². The molecule has 4 atom stereocenters. The number of nitrogens with zero attached hydrogens (tertiary/aromatic N) is 5. The predicted octanol–water partition coefficient (Wildman–Crippen LogP) is 9.70. The second-order valence-electron chi connectivity index (χ2n) is 16.9. The van der Waals surface area contributed by atoms with Crippen LogP contribution in [-0.2, 0) is 31.2 Å². The van der Waals surface area contributed by atoms with Gasteiger partial charge in [-0.25, -0.2) is 9.46 Å². The van der Waals surface area contributed by atoms with Crippen LogP contribution >= 0.6 is 8.53 Å². The number of carbonyl (C=O) groups excluding carboxylic acids is 1. The number of nitriles is 1.